The van der Waals surface area contributed by atoms with Gasteiger partial charge < -0.3 is 15.3 Å². The number of hydrogen-bond donors (Lipinski definition) is 2. The summed E-state index contributed by atoms with van der Waals surface area (Å²) in [4.78, 5) is 13.9. The molecule has 0 aliphatic heterocycles. The molecule has 0 aliphatic carbocycles. The van der Waals surface area contributed by atoms with Crippen molar-refractivity contribution >= 4 is 11.7 Å². The molecule has 0 radical (unpaired) electrons. The average molecular weight is 320 g/mol. The molecule has 7 heteroatoms. The minimum absolute atomic E-state index is 0.119. The number of nitrogens with one attached hydrogen (secondary N) is 1. The Morgan fingerprint density at radius 1 is 1.43 bits per heavy atom. The summed E-state index contributed by atoms with van der Waals surface area (Å²) in [6.07, 6.45) is 5.09. The van der Waals surface area contributed by atoms with E-state index in [0.29, 0.717) is 17.9 Å². The molecule has 0 saturated carbocycles. The summed E-state index contributed by atoms with van der Waals surface area (Å²) >= 11 is 0. The summed E-state index contributed by atoms with van der Waals surface area (Å²) in [5, 5.41) is 15.9. The molecular weight excluding hydrogens is 299 g/mol. The zero-order valence-electron chi connectivity index (χ0n) is 13.1. The first kappa shape index (κ1) is 17.0. The van der Waals surface area contributed by atoms with E-state index in [1.807, 2.05) is 6.92 Å². The van der Waals surface area contributed by atoms with Gasteiger partial charge in [-0.05, 0) is 30.7 Å². The molecular formula is C16H21FN4O2. The monoisotopic (exact) mass is 320 g/mol. The number of carbonyl (C=O) groups is 1. The summed E-state index contributed by atoms with van der Waals surface area (Å²) in [5.41, 5.74) is 0.905. The number of rotatable bonds is 7. The van der Waals surface area contributed by atoms with Crippen LogP contribution >= 0.6 is 0 Å². The van der Waals surface area contributed by atoms with Crippen LogP contribution in [0, 0.1) is 5.82 Å². The molecule has 2 N–H and O–H groups in total. The lowest BCUT2D eigenvalue weighted by molar-refractivity contribution is 0.187. The van der Waals surface area contributed by atoms with Crippen LogP contribution in [0.1, 0.15) is 19.8 Å². The average Bonchev–Trinajstić information content (AvgIpc) is 3.05. The second-order valence-electron chi connectivity index (χ2n) is 5.11. The number of carbonyl (C=O) groups excluding carboxylic acids is 1. The van der Waals surface area contributed by atoms with E-state index in [-0.39, 0.29) is 19.2 Å². The van der Waals surface area contributed by atoms with Gasteiger partial charge in [0, 0.05) is 25.5 Å². The van der Waals surface area contributed by atoms with E-state index in [4.69, 9.17) is 5.11 Å². The first-order valence-corrected chi connectivity index (χ1v) is 7.62. The van der Waals surface area contributed by atoms with Crippen molar-refractivity contribution in [1.82, 2.24) is 14.7 Å². The van der Waals surface area contributed by atoms with Crippen molar-refractivity contribution < 1.29 is 14.3 Å². The van der Waals surface area contributed by atoms with Gasteiger partial charge in [-0.3, -0.25) is 0 Å². The topological polar surface area (TPSA) is 70.4 Å². The second-order valence-corrected chi connectivity index (χ2v) is 5.11. The Labute approximate surface area is 134 Å². The van der Waals surface area contributed by atoms with E-state index < -0.39 is 5.82 Å². The predicted octanol–water partition coefficient (Wildman–Crippen LogP) is 2.64. The number of aliphatic hydroxyl groups excluding tert-OH is 1. The lowest BCUT2D eigenvalue weighted by Gasteiger charge is -2.22. The van der Waals surface area contributed by atoms with Gasteiger partial charge in [-0.15, -0.1) is 0 Å². The molecule has 0 atom stereocenters. The maximum absolute atomic E-state index is 13.6. The molecule has 2 rings (SSSR count). The number of hydrogen-bond acceptors (Lipinski definition) is 3. The smallest absolute Gasteiger partial charge is 0.321 e. The van der Waals surface area contributed by atoms with E-state index in [0.717, 1.165) is 12.8 Å². The van der Waals surface area contributed by atoms with Crippen LogP contribution in [0.15, 0.2) is 36.7 Å². The molecule has 0 saturated heterocycles. The predicted molar refractivity (Wildman–Crippen MR) is 86.1 cm³/mol. The first-order valence-electron chi connectivity index (χ1n) is 7.62. The zero-order valence-corrected chi connectivity index (χ0v) is 13.1. The van der Waals surface area contributed by atoms with E-state index in [9.17, 15) is 9.18 Å². The Balaban J connectivity index is 2.20. The third kappa shape index (κ3) is 4.53. The molecule has 23 heavy (non-hydrogen) atoms. The van der Waals surface area contributed by atoms with Crippen molar-refractivity contribution in [3.8, 4) is 5.69 Å². The van der Waals surface area contributed by atoms with Crippen molar-refractivity contribution in [2.75, 3.05) is 25.0 Å². The second kappa shape index (κ2) is 8.28. The molecule has 0 bridgehead atoms. The number of halogens is 1. The first-order chi connectivity index (χ1) is 11.2. The standard InChI is InChI=1S/C16H21FN4O2/c1-2-3-8-20(10-11-22)16(23)19-14-12-13(17)5-6-15(14)21-9-4-7-18-21/h4-7,9,12,22H,2-3,8,10-11H2,1H3,(H,19,23). The largest absolute Gasteiger partial charge is 0.395 e. The summed E-state index contributed by atoms with van der Waals surface area (Å²) < 4.78 is 15.1. The van der Waals surface area contributed by atoms with Crippen LogP contribution < -0.4 is 5.32 Å². The third-order valence-electron chi connectivity index (χ3n) is 3.39. The highest BCUT2D eigenvalue weighted by molar-refractivity contribution is 5.91. The van der Waals surface area contributed by atoms with E-state index in [2.05, 4.69) is 10.4 Å². The van der Waals surface area contributed by atoms with Crippen LogP contribution in [0.25, 0.3) is 5.69 Å². The minimum Gasteiger partial charge on any atom is -0.395 e. The van der Waals surface area contributed by atoms with Crippen LogP contribution in [-0.4, -0.2) is 45.5 Å². The molecule has 124 valence electrons. The zero-order chi connectivity index (χ0) is 16.7. The van der Waals surface area contributed by atoms with Gasteiger partial charge in [0.1, 0.15) is 5.82 Å². The van der Waals surface area contributed by atoms with Crippen molar-refractivity contribution in [1.29, 1.82) is 0 Å². The molecule has 2 amide bonds. The molecule has 0 fully saturated rings. The fourth-order valence-corrected chi connectivity index (χ4v) is 2.20. The Kier molecular flexibility index (Phi) is 6.10. The highest BCUT2D eigenvalue weighted by Gasteiger charge is 2.15. The number of aromatic nitrogens is 2. The SMILES string of the molecule is CCCCN(CCO)C(=O)Nc1cc(F)ccc1-n1cccn1. The normalized spacial score (nSPS) is 10.6. The molecule has 0 unspecified atom stereocenters. The third-order valence-corrected chi connectivity index (χ3v) is 3.39. The van der Waals surface area contributed by atoms with Crippen molar-refractivity contribution in [3.63, 3.8) is 0 Å². The summed E-state index contributed by atoms with van der Waals surface area (Å²) in [5.74, 6) is -0.446. The number of unbranched alkanes of at least 4 members (excludes halogenated alkanes) is 1. The Hall–Kier alpha value is -2.41. The van der Waals surface area contributed by atoms with E-state index in [1.165, 1.54) is 17.0 Å². The highest BCUT2D eigenvalue weighted by atomic mass is 19.1. The molecule has 6 nitrogen and oxygen atoms in total. The molecule has 2 aromatic rings. The Morgan fingerprint density at radius 2 is 2.26 bits per heavy atom. The minimum atomic E-state index is -0.446. The summed E-state index contributed by atoms with van der Waals surface area (Å²) in [7, 11) is 0. The molecule has 1 aromatic heterocycles. The number of nitrogens with zero attached hydrogens (tertiary/aromatic N) is 3. The fraction of sp³-hybridized carbons (Fsp3) is 0.375. The summed E-state index contributed by atoms with van der Waals surface area (Å²) in [6.45, 7) is 2.68. The fourth-order valence-electron chi connectivity index (χ4n) is 2.20. The van der Waals surface area contributed by atoms with Gasteiger partial charge in [0.15, 0.2) is 0 Å². The molecule has 1 heterocycles. The van der Waals surface area contributed by atoms with Crippen molar-refractivity contribution in [3.05, 3.63) is 42.5 Å². The van der Waals surface area contributed by atoms with Crippen molar-refractivity contribution in [2.45, 2.75) is 19.8 Å². The molecule has 0 spiro atoms. The lowest BCUT2D eigenvalue weighted by Crippen LogP contribution is -2.38. The molecule has 0 aliphatic rings. The highest BCUT2D eigenvalue weighted by Crippen LogP contribution is 2.21. The van der Waals surface area contributed by atoms with Crippen molar-refractivity contribution in [2.24, 2.45) is 0 Å². The van der Waals surface area contributed by atoms with Gasteiger partial charge in [0.2, 0.25) is 0 Å². The number of anilines is 1. The van der Waals surface area contributed by atoms with Gasteiger partial charge in [0.05, 0.1) is 18.0 Å². The maximum atomic E-state index is 13.6. The number of urea groups is 1. The van der Waals surface area contributed by atoms with Crippen LogP contribution in [0.5, 0.6) is 0 Å². The van der Waals surface area contributed by atoms with E-state index >= 15 is 0 Å². The Bertz CT molecular complexity index is 631. The number of amides is 2. The van der Waals surface area contributed by atoms with Crippen LogP contribution in [0.2, 0.25) is 0 Å². The van der Waals surface area contributed by atoms with E-state index in [1.54, 1.807) is 29.2 Å². The molecule has 1 aromatic carbocycles. The number of aliphatic hydroxyl groups is 1. The quantitative estimate of drug-likeness (QED) is 0.824. The summed E-state index contributed by atoms with van der Waals surface area (Å²) in [6, 6.07) is 5.50. The van der Waals surface area contributed by atoms with Gasteiger partial charge in [-0.25, -0.2) is 13.9 Å². The number of benzene rings is 1. The van der Waals surface area contributed by atoms with Crippen LogP contribution in [0.4, 0.5) is 14.9 Å². The van der Waals surface area contributed by atoms with Gasteiger partial charge >= 0.3 is 6.03 Å². The lowest BCUT2D eigenvalue weighted by atomic mass is 10.2. The van der Waals surface area contributed by atoms with Crippen LogP contribution in [0.3, 0.4) is 0 Å². The van der Waals surface area contributed by atoms with Gasteiger partial charge in [0.25, 0.3) is 0 Å². The van der Waals surface area contributed by atoms with Gasteiger partial charge in [-0.1, -0.05) is 13.3 Å². The maximum Gasteiger partial charge on any atom is 0.321 e. The Morgan fingerprint density at radius 3 is 2.91 bits per heavy atom. The van der Waals surface area contributed by atoms with Crippen LogP contribution in [-0.2, 0) is 0 Å². The van der Waals surface area contributed by atoms with Gasteiger partial charge in [-0.2, -0.15) is 5.10 Å².